The zero-order chi connectivity index (χ0) is 20.4. The molecule has 27 heavy (non-hydrogen) atoms. The average Bonchev–Trinajstić information content (AvgIpc) is 2.92. The van der Waals surface area contributed by atoms with Crippen molar-refractivity contribution in [3.05, 3.63) is 34.2 Å². The lowest BCUT2D eigenvalue weighted by atomic mass is 10.1. The number of rotatable bonds is 7. The molecule has 0 saturated carbocycles. The zero-order valence-corrected chi connectivity index (χ0v) is 15.6. The van der Waals surface area contributed by atoms with Crippen molar-refractivity contribution in [2.75, 3.05) is 13.7 Å². The number of Topliss-reactive ketones (excluding diaryl/α,β-unsaturated/α-hetero) is 1. The van der Waals surface area contributed by atoms with Gasteiger partial charge in [-0.3, -0.25) is 9.59 Å². The van der Waals surface area contributed by atoms with Crippen molar-refractivity contribution in [2.24, 2.45) is 12.2 Å². The van der Waals surface area contributed by atoms with Crippen LogP contribution in [-0.2, 0) is 17.1 Å². The second kappa shape index (κ2) is 7.72. The highest BCUT2D eigenvalue weighted by Gasteiger charge is 2.29. The fraction of sp³-hybridized carbons (Fsp3) is 0.333. The van der Waals surface area contributed by atoms with Crippen LogP contribution in [0.25, 0.3) is 0 Å². The number of nitrogens with two attached hydrogens (primary N) is 1. The minimum absolute atomic E-state index is 0.131. The number of carbonyl (C=O) groups excluding carboxylic acids is 2. The molecule has 0 amide bonds. The summed E-state index contributed by atoms with van der Waals surface area (Å²) >= 11 is 0. The highest BCUT2D eigenvalue weighted by atomic mass is 32.2. The molecule has 0 saturated heterocycles. The van der Waals surface area contributed by atoms with E-state index in [1.165, 1.54) is 19.2 Å². The number of primary sulfonamides is 1. The standard InChI is InChI=1S/C15H18N4O7S/c1-4-8-26-14-17-19(15(22)18(14)2)13(21)11(20)9-6-5-7-10(12(9)25-3)27(16,23)24/h5-7H,4,8H2,1-3H3,(H2,16,23,24). The van der Waals surface area contributed by atoms with Crippen LogP contribution in [0.2, 0.25) is 0 Å². The molecule has 0 unspecified atom stereocenters. The van der Waals surface area contributed by atoms with Gasteiger partial charge in [-0.1, -0.05) is 13.0 Å². The number of aromatic nitrogens is 3. The molecule has 0 aliphatic heterocycles. The van der Waals surface area contributed by atoms with Crippen LogP contribution in [0, 0.1) is 0 Å². The molecule has 2 N–H and O–H groups in total. The zero-order valence-electron chi connectivity index (χ0n) is 14.8. The van der Waals surface area contributed by atoms with Crippen LogP contribution < -0.4 is 20.3 Å². The van der Waals surface area contributed by atoms with Crippen molar-refractivity contribution in [3.63, 3.8) is 0 Å². The summed E-state index contributed by atoms with van der Waals surface area (Å²) in [5.41, 5.74) is -1.26. The van der Waals surface area contributed by atoms with E-state index in [1.807, 2.05) is 6.92 Å². The van der Waals surface area contributed by atoms with Gasteiger partial charge in [-0.25, -0.2) is 22.9 Å². The summed E-state index contributed by atoms with van der Waals surface area (Å²) in [6.07, 6.45) is 0.644. The summed E-state index contributed by atoms with van der Waals surface area (Å²) in [6, 6.07) is 3.39. The molecular weight excluding hydrogens is 380 g/mol. The third-order valence-corrected chi connectivity index (χ3v) is 4.43. The maximum absolute atomic E-state index is 12.6. The van der Waals surface area contributed by atoms with Crippen LogP contribution in [0.1, 0.15) is 28.5 Å². The molecule has 1 aromatic carbocycles. The van der Waals surface area contributed by atoms with Crippen molar-refractivity contribution in [1.82, 2.24) is 14.3 Å². The summed E-state index contributed by atoms with van der Waals surface area (Å²) in [6.45, 7) is 2.10. The van der Waals surface area contributed by atoms with Crippen LogP contribution in [0.5, 0.6) is 11.8 Å². The number of sulfonamides is 1. The van der Waals surface area contributed by atoms with Crippen LogP contribution in [0.3, 0.4) is 0 Å². The normalized spacial score (nSPS) is 11.3. The number of nitrogens with zero attached hydrogens (tertiary/aromatic N) is 3. The smallest absolute Gasteiger partial charge is 0.356 e. The Labute approximate surface area is 154 Å². The van der Waals surface area contributed by atoms with E-state index in [9.17, 15) is 22.8 Å². The van der Waals surface area contributed by atoms with Crippen LogP contribution in [-0.4, -0.2) is 48.2 Å². The molecule has 0 radical (unpaired) electrons. The van der Waals surface area contributed by atoms with Gasteiger partial charge in [0.15, 0.2) is 0 Å². The Morgan fingerprint density at radius 1 is 1.30 bits per heavy atom. The summed E-state index contributed by atoms with van der Waals surface area (Å²) < 4.78 is 34.8. The summed E-state index contributed by atoms with van der Waals surface area (Å²) in [5, 5.41) is 8.80. The molecule has 0 aliphatic carbocycles. The number of para-hydroxylation sites is 1. The predicted octanol–water partition coefficient (Wildman–Crippen LogP) is -0.450. The number of benzene rings is 1. The Morgan fingerprint density at radius 3 is 2.52 bits per heavy atom. The van der Waals surface area contributed by atoms with Gasteiger partial charge in [-0.15, -0.1) is 9.78 Å². The number of ether oxygens (including phenoxy) is 2. The van der Waals surface area contributed by atoms with Gasteiger partial charge in [0.25, 0.3) is 5.78 Å². The largest absolute Gasteiger partial charge is 0.495 e. The molecule has 2 aromatic rings. The quantitative estimate of drug-likeness (QED) is 0.486. The molecule has 11 nitrogen and oxygen atoms in total. The van der Waals surface area contributed by atoms with E-state index in [-0.39, 0.29) is 18.2 Å². The SMILES string of the molecule is CCCOc1nn(C(=O)C(=O)c2cccc(S(N)(=O)=O)c2OC)c(=O)n1C. The summed E-state index contributed by atoms with van der Waals surface area (Å²) in [5.74, 6) is -2.89. The molecule has 2 rings (SSSR count). The van der Waals surface area contributed by atoms with Crippen LogP contribution in [0.4, 0.5) is 0 Å². The molecule has 12 heteroatoms. The lowest BCUT2D eigenvalue weighted by Gasteiger charge is -2.10. The van der Waals surface area contributed by atoms with Crippen molar-refractivity contribution in [2.45, 2.75) is 18.2 Å². The number of hydrogen-bond acceptors (Lipinski definition) is 8. The first-order valence-corrected chi connectivity index (χ1v) is 9.25. The fourth-order valence-electron chi connectivity index (χ4n) is 2.21. The van der Waals surface area contributed by atoms with Gasteiger partial charge < -0.3 is 9.47 Å². The van der Waals surface area contributed by atoms with E-state index in [4.69, 9.17) is 14.6 Å². The molecular formula is C15H18N4O7S. The monoisotopic (exact) mass is 398 g/mol. The number of methoxy groups -OCH3 is 1. The second-order valence-electron chi connectivity index (χ2n) is 5.40. The number of carbonyl (C=O) groups is 2. The minimum Gasteiger partial charge on any atom is -0.495 e. The Balaban J connectivity index is 2.51. The molecule has 0 fully saturated rings. The first-order valence-electron chi connectivity index (χ1n) is 7.71. The van der Waals surface area contributed by atoms with Gasteiger partial charge in [0.1, 0.15) is 10.6 Å². The second-order valence-corrected chi connectivity index (χ2v) is 6.93. The lowest BCUT2D eigenvalue weighted by molar-refractivity contribution is 0.0748. The third kappa shape index (κ3) is 3.90. The maximum atomic E-state index is 12.6. The Kier molecular flexibility index (Phi) is 5.81. The molecule has 146 valence electrons. The highest BCUT2D eigenvalue weighted by Crippen LogP contribution is 2.27. The summed E-state index contributed by atoms with van der Waals surface area (Å²) in [7, 11) is -1.76. The van der Waals surface area contributed by atoms with Crippen molar-refractivity contribution >= 4 is 21.7 Å². The lowest BCUT2D eigenvalue weighted by Crippen LogP contribution is -2.34. The van der Waals surface area contributed by atoms with Gasteiger partial charge >= 0.3 is 17.6 Å². The molecule has 1 heterocycles. The van der Waals surface area contributed by atoms with E-state index < -0.39 is 38.0 Å². The Bertz CT molecular complexity index is 1050. The third-order valence-electron chi connectivity index (χ3n) is 3.50. The van der Waals surface area contributed by atoms with Gasteiger partial charge in [0.2, 0.25) is 10.0 Å². The van der Waals surface area contributed by atoms with Gasteiger partial charge in [-0.05, 0) is 18.6 Å². The Morgan fingerprint density at radius 2 is 1.96 bits per heavy atom. The van der Waals surface area contributed by atoms with E-state index in [0.29, 0.717) is 11.1 Å². The van der Waals surface area contributed by atoms with E-state index >= 15 is 0 Å². The van der Waals surface area contributed by atoms with Crippen LogP contribution in [0.15, 0.2) is 27.9 Å². The molecule has 0 aliphatic rings. The number of ketones is 1. The number of hydrogen-bond donors (Lipinski definition) is 1. The topological polar surface area (TPSA) is 153 Å². The maximum Gasteiger partial charge on any atom is 0.356 e. The molecule has 1 aromatic heterocycles. The van der Waals surface area contributed by atoms with Crippen molar-refractivity contribution < 1.29 is 27.5 Å². The molecule has 0 spiro atoms. The fourth-order valence-corrected chi connectivity index (χ4v) is 2.93. The van der Waals surface area contributed by atoms with E-state index in [0.717, 1.165) is 17.7 Å². The predicted molar refractivity (Wildman–Crippen MR) is 92.6 cm³/mol. The van der Waals surface area contributed by atoms with Gasteiger partial charge in [0, 0.05) is 7.05 Å². The molecule has 0 bridgehead atoms. The van der Waals surface area contributed by atoms with Crippen molar-refractivity contribution in [3.8, 4) is 11.8 Å². The van der Waals surface area contributed by atoms with E-state index in [1.54, 1.807) is 0 Å². The summed E-state index contributed by atoms with van der Waals surface area (Å²) in [4.78, 5) is 36.8. The van der Waals surface area contributed by atoms with E-state index in [2.05, 4.69) is 5.10 Å². The molecule has 0 atom stereocenters. The Hall–Kier alpha value is -2.99. The van der Waals surface area contributed by atoms with Gasteiger partial charge in [-0.2, -0.15) is 0 Å². The highest BCUT2D eigenvalue weighted by molar-refractivity contribution is 7.89. The minimum atomic E-state index is -4.21. The first kappa shape index (κ1) is 20.3. The van der Waals surface area contributed by atoms with Gasteiger partial charge in [0.05, 0.1) is 19.3 Å². The first-order chi connectivity index (χ1) is 12.6. The van der Waals surface area contributed by atoms with Crippen molar-refractivity contribution in [1.29, 1.82) is 0 Å². The van der Waals surface area contributed by atoms with Crippen LogP contribution >= 0.6 is 0 Å². The average molecular weight is 398 g/mol.